The largest absolute Gasteiger partial charge is 0.478 e. The lowest BCUT2D eigenvalue weighted by Crippen LogP contribution is -2.23. The Morgan fingerprint density at radius 2 is 2.18 bits per heavy atom. The molecular weight excluding hydrogens is 294 g/mol. The van der Waals surface area contributed by atoms with Crippen LogP contribution in [-0.4, -0.2) is 24.7 Å². The van der Waals surface area contributed by atoms with E-state index in [1.165, 1.54) is 29.0 Å². The summed E-state index contributed by atoms with van der Waals surface area (Å²) in [5.41, 5.74) is 2.05. The number of thiophene rings is 1. The first-order chi connectivity index (χ1) is 10.4. The highest BCUT2D eigenvalue weighted by Gasteiger charge is 2.37. The van der Waals surface area contributed by atoms with Gasteiger partial charge in [0.2, 0.25) is 0 Å². The molecule has 0 spiro atoms. The smallest absolute Gasteiger partial charge is 0.337 e. The van der Waals surface area contributed by atoms with E-state index in [1.54, 1.807) is 0 Å². The minimum absolute atomic E-state index is 0.232. The topological polar surface area (TPSA) is 49.3 Å². The number of hydrogen-bond acceptors (Lipinski definition) is 3. The minimum Gasteiger partial charge on any atom is -0.478 e. The number of nitrogens with one attached hydrogen (secondary N) is 1. The van der Waals surface area contributed by atoms with E-state index in [0.29, 0.717) is 17.4 Å². The van der Waals surface area contributed by atoms with Gasteiger partial charge in [0.15, 0.2) is 0 Å². The highest BCUT2D eigenvalue weighted by molar-refractivity contribution is 7.12. The van der Waals surface area contributed by atoms with Gasteiger partial charge < -0.3 is 10.4 Å². The van der Waals surface area contributed by atoms with Gasteiger partial charge in [-0.3, -0.25) is 0 Å². The Labute approximate surface area is 137 Å². The fourth-order valence-corrected chi connectivity index (χ4v) is 5.87. The molecule has 0 amide bonds. The lowest BCUT2D eigenvalue weighted by molar-refractivity contribution is 0.0693. The van der Waals surface area contributed by atoms with Gasteiger partial charge in [0, 0.05) is 9.75 Å². The molecule has 4 heteroatoms. The second-order valence-corrected chi connectivity index (χ2v) is 8.88. The van der Waals surface area contributed by atoms with E-state index in [2.05, 4.69) is 19.2 Å². The predicted octanol–water partition coefficient (Wildman–Crippen LogP) is 4.06. The van der Waals surface area contributed by atoms with E-state index < -0.39 is 5.97 Å². The predicted molar refractivity (Wildman–Crippen MR) is 91.1 cm³/mol. The summed E-state index contributed by atoms with van der Waals surface area (Å²) in [6, 6.07) is 0. The van der Waals surface area contributed by atoms with E-state index in [0.717, 1.165) is 31.4 Å². The Morgan fingerprint density at radius 1 is 1.41 bits per heavy atom. The maximum Gasteiger partial charge on any atom is 0.337 e. The van der Waals surface area contributed by atoms with Gasteiger partial charge in [0.05, 0.1) is 5.56 Å². The highest BCUT2D eigenvalue weighted by Crippen LogP contribution is 2.48. The van der Waals surface area contributed by atoms with E-state index in [1.807, 2.05) is 18.4 Å². The number of carboxylic acids is 1. The van der Waals surface area contributed by atoms with Crippen LogP contribution in [0.1, 0.15) is 71.1 Å². The second kappa shape index (κ2) is 5.97. The Morgan fingerprint density at radius 3 is 2.86 bits per heavy atom. The third-order valence-corrected chi connectivity index (χ3v) is 6.90. The molecule has 0 aliphatic heterocycles. The van der Waals surface area contributed by atoms with Crippen LogP contribution >= 0.6 is 11.3 Å². The molecule has 1 fully saturated rings. The van der Waals surface area contributed by atoms with Crippen molar-refractivity contribution in [1.29, 1.82) is 0 Å². The lowest BCUT2D eigenvalue weighted by Gasteiger charge is -2.29. The number of aromatic carboxylic acids is 1. The van der Waals surface area contributed by atoms with E-state index in [9.17, 15) is 9.90 Å². The van der Waals surface area contributed by atoms with Crippen LogP contribution in [0.2, 0.25) is 0 Å². The molecule has 0 saturated heterocycles. The maximum atomic E-state index is 12.0. The first-order valence-electron chi connectivity index (χ1n) is 8.45. The van der Waals surface area contributed by atoms with Crippen LogP contribution in [0.4, 0.5) is 0 Å². The van der Waals surface area contributed by atoms with Crippen molar-refractivity contribution in [3.05, 3.63) is 20.9 Å². The van der Waals surface area contributed by atoms with Crippen molar-refractivity contribution in [3.8, 4) is 0 Å². The van der Waals surface area contributed by atoms with Crippen molar-refractivity contribution in [2.24, 2.45) is 11.3 Å². The van der Waals surface area contributed by atoms with Gasteiger partial charge in [-0.25, -0.2) is 4.79 Å². The Bertz CT molecular complexity index is 576. The second-order valence-electron chi connectivity index (χ2n) is 7.74. The van der Waals surface area contributed by atoms with Gasteiger partial charge in [-0.1, -0.05) is 20.3 Å². The molecule has 0 radical (unpaired) electrons. The number of hydrogen-bond donors (Lipinski definition) is 2. The Hall–Kier alpha value is -0.870. The van der Waals surface area contributed by atoms with Gasteiger partial charge >= 0.3 is 5.97 Å². The quantitative estimate of drug-likeness (QED) is 0.879. The summed E-state index contributed by atoms with van der Waals surface area (Å²) in [6.45, 7) is 5.52. The van der Waals surface area contributed by atoms with E-state index >= 15 is 0 Å². The van der Waals surface area contributed by atoms with Crippen molar-refractivity contribution in [3.63, 3.8) is 0 Å². The molecular formula is C18H27NO2S. The Balaban J connectivity index is 2.02. The monoisotopic (exact) mass is 321 g/mol. The molecule has 3 rings (SSSR count). The number of aryl methyl sites for hydroxylation is 1. The zero-order valence-corrected chi connectivity index (χ0v) is 14.7. The molecule has 122 valence electrons. The molecule has 1 aromatic rings. The van der Waals surface area contributed by atoms with Gasteiger partial charge in [-0.05, 0) is 68.5 Å². The molecule has 1 heterocycles. The lowest BCUT2D eigenvalue weighted by atomic mass is 9.75. The third kappa shape index (κ3) is 2.83. The molecule has 2 atom stereocenters. The van der Waals surface area contributed by atoms with Crippen molar-refractivity contribution < 1.29 is 9.90 Å². The number of carboxylic acid groups (broad SMARTS) is 1. The van der Waals surface area contributed by atoms with Crippen molar-refractivity contribution in [2.45, 2.75) is 58.3 Å². The number of fused-ring (bicyclic) bond motifs is 1. The summed E-state index contributed by atoms with van der Waals surface area (Å²) >= 11 is 1.81. The van der Waals surface area contributed by atoms with E-state index in [4.69, 9.17) is 0 Å². The van der Waals surface area contributed by atoms with Crippen LogP contribution in [-0.2, 0) is 12.8 Å². The summed E-state index contributed by atoms with van der Waals surface area (Å²) in [7, 11) is 2.00. The standard InChI is InChI=1S/C18H27NO2S/c1-18(2)8-7-14-13(9-18)15(17(20)21)16(22-14)12-6-4-5-11(12)10-19-3/h11-12,19H,4-10H2,1-3H3,(H,20,21)/t11-,12-/m1/s1. The minimum atomic E-state index is -0.708. The highest BCUT2D eigenvalue weighted by atomic mass is 32.1. The third-order valence-electron chi connectivity index (χ3n) is 5.48. The van der Waals surface area contributed by atoms with E-state index in [-0.39, 0.29) is 5.41 Å². The maximum absolute atomic E-state index is 12.0. The molecule has 1 aromatic heterocycles. The molecule has 0 unspecified atom stereocenters. The summed E-state index contributed by atoms with van der Waals surface area (Å²) in [4.78, 5) is 14.5. The van der Waals surface area contributed by atoms with Gasteiger partial charge in [-0.2, -0.15) is 0 Å². The van der Waals surface area contributed by atoms with Gasteiger partial charge in [0.1, 0.15) is 0 Å². The molecule has 2 aliphatic carbocycles. The van der Waals surface area contributed by atoms with Crippen LogP contribution in [0.25, 0.3) is 0 Å². The molecule has 0 bridgehead atoms. The molecule has 3 nitrogen and oxygen atoms in total. The average Bonchev–Trinajstić information content (AvgIpc) is 3.01. The van der Waals surface area contributed by atoms with Crippen LogP contribution < -0.4 is 5.32 Å². The summed E-state index contributed by atoms with van der Waals surface area (Å²) < 4.78 is 0. The summed E-state index contributed by atoms with van der Waals surface area (Å²) in [5, 5.41) is 13.1. The molecule has 22 heavy (non-hydrogen) atoms. The SMILES string of the molecule is CNC[C@H]1CCC[C@H]1c1sc2c(c1C(=O)O)CC(C)(C)CC2. The average molecular weight is 321 g/mol. The van der Waals surface area contributed by atoms with Crippen molar-refractivity contribution in [2.75, 3.05) is 13.6 Å². The molecule has 1 saturated carbocycles. The number of rotatable bonds is 4. The van der Waals surface area contributed by atoms with Crippen LogP contribution in [0.5, 0.6) is 0 Å². The summed E-state index contributed by atoms with van der Waals surface area (Å²) in [6.07, 6.45) is 6.74. The van der Waals surface area contributed by atoms with Crippen LogP contribution in [0.3, 0.4) is 0 Å². The fourth-order valence-electron chi connectivity index (χ4n) is 4.33. The first kappa shape index (κ1) is 16.0. The van der Waals surface area contributed by atoms with Crippen LogP contribution in [0.15, 0.2) is 0 Å². The van der Waals surface area contributed by atoms with Crippen molar-refractivity contribution >= 4 is 17.3 Å². The van der Waals surface area contributed by atoms with Gasteiger partial charge in [-0.15, -0.1) is 11.3 Å². The molecule has 2 N–H and O–H groups in total. The number of carbonyl (C=O) groups is 1. The zero-order valence-electron chi connectivity index (χ0n) is 13.9. The van der Waals surface area contributed by atoms with Crippen molar-refractivity contribution in [1.82, 2.24) is 5.32 Å². The fraction of sp³-hybridized carbons (Fsp3) is 0.722. The normalized spacial score (nSPS) is 26.9. The van der Waals surface area contributed by atoms with Gasteiger partial charge in [0.25, 0.3) is 0 Å². The molecule has 0 aromatic carbocycles. The molecule has 2 aliphatic rings. The first-order valence-corrected chi connectivity index (χ1v) is 9.27. The Kier molecular flexibility index (Phi) is 4.34. The summed E-state index contributed by atoms with van der Waals surface area (Å²) in [5.74, 6) is 0.328. The van der Waals surface area contributed by atoms with Crippen LogP contribution in [0, 0.1) is 11.3 Å². The zero-order chi connectivity index (χ0) is 15.9.